The largest absolute Gasteiger partial charge is 0.366 e. The molecule has 124 valence electrons. The van der Waals surface area contributed by atoms with Gasteiger partial charge in [-0.3, -0.25) is 10.1 Å². The summed E-state index contributed by atoms with van der Waals surface area (Å²) in [6, 6.07) is 1.14. The van der Waals surface area contributed by atoms with Crippen molar-refractivity contribution in [3.05, 3.63) is 16.2 Å². The third-order valence-electron chi connectivity index (χ3n) is 3.22. The zero-order valence-corrected chi connectivity index (χ0v) is 14.9. The molecule has 1 aromatic rings. The minimum Gasteiger partial charge on any atom is -0.366 e. The summed E-state index contributed by atoms with van der Waals surface area (Å²) in [4.78, 5) is 12.6. The second-order valence-electron chi connectivity index (χ2n) is 6.76. The molecular weight excluding hydrogens is 328 g/mol. The van der Waals surface area contributed by atoms with Gasteiger partial charge in [0.05, 0.1) is 16.1 Å². The van der Waals surface area contributed by atoms with Gasteiger partial charge < -0.3 is 9.64 Å². The normalized spacial score (nSPS) is 20.9. The fourth-order valence-electron chi connectivity index (χ4n) is 2.82. The van der Waals surface area contributed by atoms with E-state index in [0.29, 0.717) is 18.1 Å². The van der Waals surface area contributed by atoms with E-state index in [9.17, 15) is 18.5 Å². The van der Waals surface area contributed by atoms with Gasteiger partial charge in [-0.2, -0.15) is 0 Å². The molecule has 2 rings (SSSR count). The maximum atomic E-state index is 11.7. The predicted octanol–water partition coefficient (Wildman–Crippen LogP) is 2.45. The van der Waals surface area contributed by atoms with Gasteiger partial charge in [0, 0.05) is 25.4 Å². The fourth-order valence-corrected chi connectivity index (χ4v) is 4.85. The van der Waals surface area contributed by atoms with Gasteiger partial charge in [0.15, 0.2) is 14.8 Å². The molecule has 0 spiro atoms. The molecule has 2 heterocycles. The molecule has 0 atom stereocenters. The van der Waals surface area contributed by atoms with Crippen molar-refractivity contribution in [2.75, 3.05) is 24.2 Å². The highest BCUT2D eigenvalue weighted by atomic mass is 32.2. The lowest BCUT2D eigenvalue weighted by atomic mass is 9.99. The van der Waals surface area contributed by atoms with Crippen molar-refractivity contribution < 1.29 is 18.1 Å². The maximum Gasteiger partial charge on any atom is 0.305 e. The second-order valence-corrected chi connectivity index (χ2v) is 10.0. The highest BCUT2D eigenvalue weighted by Crippen LogP contribution is 2.43. The van der Waals surface area contributed by atoms with Crippen molar-refractivity contribution in [1.82, 2.24) is 0 Å². The molecule has 0 saturated carbocycles. The molecule has 22 heavy (non-hydrogen) atoms. The summed E-state index contributed by atoms with van der Waals surface area (Å²) >= 11 is 0.944. The van der Waals surface area contributed by atoms with Crippen LogP contribution in [0.15, 0.2) is 10.3 Å². The van der Waals surface area contributed by atoms with E-state index in [-0.39, 0.29) is 9.90 Å². The van der Waals surface area contributed by atoms with Crippen LogP contribution in [0.1, 0.15) is 27.7 Å². The van der Waals surface area contributed by atoms with E-state index in [1.54, 1.807) is 0 Å². The first-order chi connectivity index (χ1) is 9.81. The molecule has 1 fully saturated rings. The molecule has 1 aliphatic rings. The number of nitrogens with zero attached hydrogens (tertiary/aromatic N) is 2. The van der Waals surface area contributed by atoms with Gasteiger partial charge in [0.25, 0.3) is 0 Å². The Bertz CT molecular complexity index is 690. The van der Waals surface area contributed by atoms with E-state index in [4.69, 9.17) is 4.74 Å². The van der Waals surface area contributed by atoms with Crippen molar-refractivity contribution in [2.24, 2.45) is 0 Å². The summed E-state index contributed by atoms with van der Waals surface area (Å²) in [6.45, 7) is 8.58. The van der Waals surface area contributed by atoms with Crippen molar-refractivity contribution >= 4 is 31.9 Å². The van der Waals surface area contributed by atoms with Gasteiger partial charge in [0.2, 0.25) is 0 Å². The zero-order chi connectivity index (χ0) is 16.9. The van der Waals surface area contributed by atoms with E-state index in [1.807, 2.05) is 32.6 Å². The Labute approximate surface area is 134 Å². The van der Waals surface area contributed by atoms with Crippen LogP contribution in [0.3, 0.4) is 0 Å². The van der Waals surface area contributed by atoms with Crippen LogP contribution < -0.4 is 4.90 Å². The average Bonchev–Trinajstić information content (AvgIpc) is 2.68. The van der Waals surface area contributed by atoms with Crippen LogP contribution in [0.2, 0.25) is 0 Å². The van der Waals surface area contributed by atoms with Crippen molar-refractivity contribution in [1.29, 1.82) is 0 Å². The molecule has 0 aromatic carbocycles. The lowest BCUT2D eigenvalue weighted by Gasteiger charge is -2.47. The van der Waals surface area contributed by atoms with E-state index in [2.05, 4.69) is 0 Å². The summed E-state index contributed by atoms with van der Waals surface area (Å²) in [5, 5.41) is 11.7. The van der Waals surface area contributed by atoms with Gasteiger partial charge in [0.1, 0.15) is 4.21 Å². The van der Waals surface area contributed by atoms with Crippen LogP contribution >= 0.6 is 11.3 Å². The van der Waals surface area contributed by atoms with Crippen molar-refractivity contribution in [2.45, 2.75) is 43.1 Å². The molecular formula is C13H20N2O5S2. The summed E-state index contributed by atoms with van der Waals surface area (Å²) in [5.41, 5.74) is -1.13. The number of anilines is 1. The first-order valence-corrected chi connectivity index (χ1v) is 9.45. The SMILES string of the molecule is CC1(C)CN(c2sc(S(C)(=O)=O)cc2[N+](=O)[O-])CC(C)(C)O1. The quantitative estimate of drug-likeness (QED) is 0.616. The number of morpholine rings is 1. The van der Waals surface area contributed by atoms with Gasteiger partial charge in [-0.25, -0.2) is 8.42 Å². The summed E-state index contributed by atoms with van der Waals surface area (Å²) in [6.07, 6.45) is 1.06. The second kappa shape index (κ2) is 5.17. The van der Waals surface area contributed by atoms with Crippen LogP contribution in [0.25, 0.3) is 0 Å². The van der Waals surface area contributed by atoms with Crippen molar-refractivity contribution in [3.8, 4) is 0 Å². The molecule has 0 bridgehead atoms. The molecule has 1 aromatic heterocycles. The molecule has 0 aliphatic carbocycles. The lowest BCUT2D eigenvalue weighted by molar-refractivity contribution is -0.383. The maximum absolute atomic E-state index is 11.7. The Balaban J connectivity index is 2.51. The average molecular weight is 348 g/mol. The number of ether oxygens (including phenoxy) is 1. The number of thiophene rings is 1. The third kappa shape index (κ3) is 3.58. The molecule has 0 amide bonds. The number of rotatable bonds is 3. The van der Waals surface area contributed by atoms with E-state index < -0.39 is 26.0 Å². The highest BCUT2D eigenvalue weighted by Gasteiger charge is 2.41. The number of sulfone groups is 1. The highest BCUT2D eigenvalue weighted by molar-refractivity contribution is 7.92. The number of hydrogen-bond acceptors (Lipinski definition) is 7. The predicted molar refractivity (Wildman–Crippen MR) is 85.5 cm³/mol. The number of nitro groups is 1. The van der Waals surface area contributed by atoms with E-state index >= 15 is 0 Å². The van der Waals surface area contributed by atoms with Gasteiger partial charge in [-0.05, 0) is 27.7 Å². The van der Waals surface area contributed by atoms with Crippen LogP contribution in [-0.2, 0) is 14.6 Å². The topological polar surface area (TPSA) is 89.8 Å². The molecule has 9 heteroatoms. The first kappa shape index (κ1) is 17.2. The summed E-state index contributed by atoms with van der Waals surface area (Å²) < 4.78 is 29.4. The summed E-state index contributed by atoms with van der Waals surface area (Å²) in [5.74, 6) is 0. The standard InChI is InChI=1S/C13H20N2O5S2/c1-12(2)7-14(8-13(3,4)20-12)11-9(15(16)17)6-10(21-11)22(5,18)19/h6H,7-8H2,1-5H3. The van der Waals surface area contributed by atoms with Crippen LogP contribution in [-0.4, -0.2) is 43.9 Å². The Morgan fingerprint density at radius 2 is 1.77 bits per heavy atom. The summed E-state index contributed by atoms with van der Waals surface area (Å²) in [7, 11) is -3.48. The Kier molecular flexibility index (Phi) is 4.04. The molecule has 1 aliphatic heterocycles. The Morgan fingerprint density at radius 1 is 1.27 bits per heavy atom. The van der Waals surface area contributed by atoms with Crippen LogP contribution in [0.5, 0.6) is 0 Å². The van der Waals surface area contributed by atoms with Crippen LogP contribution in [0, 0.1) is 10.1 Å². The van der Waals surface area contributed by atoms with Crippen molar-refractivity contribution in [3.63, 3.8) is 0 Å². The van der Waals surface area contributed by atoms with E-state index in [1.165, 1.54) is 0 Å². The van der Waals surface area contributed by atoms with Gasteiger partial charge in [-0.1, -0.05) is 11.3 Å². The monoisotopic (exact) mass is 348 g/mol. The van der Waals surface area contributed by atoms with Gasteiger partial charge >= 0.3 is 5.69 Å². The minimum atomic E-state index is -3.48. The lowest BCUT2D eigenvalue weighted by Crippen LogP contribution is -2.57. The third-order valence-corrected chi connectivity index (χ3v) is 6.20. The smallest absolute Gasteiger partial charge is 0.305 e. The van der Waals surface area contributed by atoms with Crippen LogP contribution in [0.4, 0.5) is 10.7 Å². The zero-order valence-electron chi connectivity index (χ0n) is 13.2. The first-order valence-electron chi connectivity index (χ1n) is 6.74. The number of hydrogen-bond donors (Lipinski definition) is 0. The molecule has 0 radical (unpaired) electrons. The Morgan fingerprint density at radius 3 is 2.18 bits per heavy atom. The van der Waals surface area contributed by atoms with E-state index in [0.717, 1.165) is 23.7 Å². The van der Waals surface area contributed by atoms with Gasteiger partial charge in [-0.15, -0.1) is 0 Å². The molecule has 1 saturated heterocycles. The fraction of sp³-hybridized carbons (Fsp3) is 0.692. The molecule has 0 N–H and O–H groups in total. The Hall–Kier alpha value is -1.19. The molecule has 0 unspecified atom stereocenters. The molecule has 7 nitrogen and oxygen atoms in total. The minimum absolute atomic E-state index is 0.0105.